The second-order valence-electron chi connectivity index (χ2n) is 6.22. The molecule has 0 spiro atoms. The number of nitrogens with zero attached hydrogens (tertiary/aromatic N) is 1. The van der Waals surface area contributed by atoms with Gasteiger partial charge >= 0.3 is 11.8 Å². The van der Waals surface area contributed by atoms with Crippen LogP contribution in [0.2, 0.25) is 0 Å². The minimum atomic E-state index is -0.594. The fraction of sp³-hybridized carbons (Fsp3) is 0.400. The van der Waals surface area contributed by atoms with Crippen LogP contribution in [0.5, 0.6) is 0 Å². The van der Waals surface area contributed by atoms with Crippen molar-refractivity contribution in [2.45, 2.75) is 38.6 Å². The SMILES string of the molecule is C=CCN(CC=C)C(=O)C(=O)NC(C)c1ccc2c(c1)CCCC2. The molecule has 4 heteroatoms. The summed E-state index contributed by atoms with van der Waals surface area (Å²) in [5.74, 6) is -1.15. The molecule has 0 saturated carbocycles. The van der Waals surface area contributed by atoms with E-state index in [1.54, 1.807) is 12.2 Å². The summed E-state index contributed by atoms with van der Waals surface area (Å²) in [5.41, 5.74) is 3.81. The minimum absolute atomic E-state index is 0.206. The number of hydrogen-bond acceptors (Lipinski definition) is 2. The summed E-state index contributed by atoms with van der Waals surface area (Å²) in [7, 11) is 0. The number of rotatable bonds is 6. The van der Waals surface area contributed by atoms with Crippen LogP contribution < -0.4 is 5.32 Å². The Morgan fingerprint density at radius 1 is 1.17 bits per heavy atom. The van der Waals surface area contributed by atoms with Crippen molar-refractivity contribution in [2.24, 2.45) is 0 Å². The molecule has 1 N–H and O–H groups in total. The van der Waals surface area contributed by atoms with Crippen LogP contribution in [0.1, 0.15) is 42.5 Å². The highest BCUT2D eigenvalue weighted by Gasteiger charge is 2.22. The zero-order valence-corrected chi connectivity index (χ0v) is 14.4. The van der Waals surface area contributed by atoms with Crippen molar-refractivity contribution < 1.29 is 9.59 Å². The third kappa shape index (κ3) is 4.34. The van der Waals surface area contributed by atoms with Gasteiger partial charge in [-0.1, -0.05) is 30.4 Å². The smallest absolute Gasteiger partial charge is 0.312 e. The molecule has 1 aromatic carbocycles. The van der Waals surface area contributed by atoms with E-state index < -0.39 is 11.8 Å². The number of amides is 2. The van der Waals surface area contributed by atoms with E-state index in [2.05, 4.69) is 30.6 Å². The van der Waals surface area contributed by atoms with Gasteiger partial charge in [0.1, 0.15) is 0 Å². The summed E-state index contributed by atoms with van der Waals surface area (Å²) in [4.78, 5) is 25.9. The zero-order valence-electron chi connectivity index (χ0n) is 14.4. The summed E-state index contributed by atoms with van der Waals surface area (Å²) in [6, 6.07) is 6.15. The number of benzene rings is 1. The number of carbonyl (C=O) groups is 2. The van der Waals surface area contributed by atoms with Gasteiger partial charge in [0.05, 0.1) is 6.04 Å². The molecule has 1 aliphatic rings. The molecule has 1 aromatic rings. The summed E-state index contributed by atoms with van der Waals surface area (Å²) in [6.45, 7) is 9.78. The first kappa shape index (κ1) is 18.0. The first-order valence-electron chi connectivity index (χ1n) is 8.50. The predicted molar refractivity (Wildman–Crippen MR) is 96.6 cm³/mol. The molecular weight excluding hydrogens is 300 g/mol. The highest BCUT2D eigenvalue weighted by Crippen LogP contribution is 2.24. The zero-order chi connectivity index (χ0) is 17.5. The molecular formula is C20H26N2O2. The number of hydrogen-bond donors (Lipinski definition) is 1. The Morgan fingerprint density at radius 3 is 2.42 bits per heavy atom. The first-order valence-corrected chi connectivity index (χ1v) is 8.50. The average Bonchev–Trinajstić information content (AvgIpc) is 2.60. The van der Waals surface area contributed by atoms with Crippen LogP contribution in [-0.4, -0.2) is 29.8 Å². The van der Waals surface area contributed by atoms with Crippen LogP contribution in [0, 0.1) is 0 Å². The molecule has 0 aromatic heterocycles. The molecule has 0 radical (unpaired) electrons. The maximum atomic E-state index is 12.2. The van der Waals surface area contributed by atoms with Crippen molar-refractivity contribution in [1.82, 2.24) is 10.2 Å². The lowest BCUT2D eigenvalue weighted by atomic mass is 9.89. The van der Waals surface area contributed by atoms with E-state index in [1.165, 1.54) is 28.9 Å². The Labute approximate surface area is 144 Å². The quantitative estimate of drug-likeness (QED) is 0.645. The van der Waals surface area contributed by atoms with Crippen LogP contribution in [0.4, 0.5) is 0 Å². The Kier molecular flexibility index (Phi) is 6.36. The van der Waals surface area contributed by atoms with Gasteiger partial charge < -0.3 is 10.2 Å². The Balaban J connectivity index is 2.03. The molecule has 128 valence electrons. The summed E-state index contributed by atoms with van der Waals surface area (Å²) < 4.78 is 0. The van der Waals surface area contributed by atoms with Crippen LogP contribution in [0.15, 0.2) is 43.5 Å². The molecule has 1 aliphatic carbocycles. The maximum Gasteiger partial charge on any atom is 0.312 e. The monoisotopic (exact) mass is 326 g/mol. The van der Waals surface area contributed by atoms with Crippen molar-refractivity contribution in [3.63, 3.8) is 0 Å². The molecule has 0 aliphatic heterocycles. The van der Waals surface area contributed by atoms with Crippen molar-refractivity contribution in [3.05, 3.63) is 60.2 Å². The van der Waals surface area contributed by atoms with Crippen LogP contribution in [0.25, 0.3) is 0 Å². The summed E-state index contributed by atoms with van der Waals surface area (Å²) in [5, 5.41) is 2.80. The van der Waals surface area contributed by atoms with Crippen molar-refractivity contribution in [2.75, 3.05) is 13.1 Å². The molecule has 0 fully saturated rings. The number of fused-ring (bicyclic) bond motifs is 1. The lowest BCUT2D eigenvalue weighted by Gasteiger charge is -2.22. The van der Waals surface area contributed by atoms with Crippen molar-refractivity contribution in [1.29, 1.82) is 0 Å². The summed E-state index contributed by atoms with van der Waals surface area (Å²) in [6.07, 6.45) is 7.88. The number of aryl methyl sites for hydroxylation is 2. The lowest BCUT2D eigenvalue weighted by molar-refractivity contribution is -0.145. The van der Waals surface area contributed by atoms with Gasteiger partial charge in [0.2, 0.25) is 0 Å². The molecule has 24 heavy (non-hydrogen) atoms. The van der Waals surface area contributed by atoms with Gasteiger partial charge in [0.15, 0.2) is 0 Å². The average molecular weight is 326 g/mol. The Morgan fingerprint density at radius 2 is 1.79 bits per heavy atom. The second kappa shape index (κ2) is 8.48. The predicted octanol–water partition coefficient (Wildman–Crippen LogP) is 2.94. The number of nitrogens with one attached hydrogen (secondary N) is 1. The van der Waals surface area contributed by atoms with Gasteiger partial charge in [-0.15, -0.1) is 13.2 Å². The van der Waals surface area contributed by atoms with E-state index >= 15 is 0 Å². The Bertz CT molecular complexity index is 627. The molecule has 1 atom stereocenters. The van der Waals surface area contributed by atoms with Crippen molar-refractivity contribution >= 4 is 11.8 Å². The fourth-order valence-electron chi connectivity index (χ4n) is 3.06. The molecule has 0 heterocycles. The summed E-state index contributed by atoms with van der Waals surface area (Å²) >= 11 is 0. The van der Waals surface area contributed by atoms with E-state index in [9.17, 15) is 9.59 Å². The largest absolute Gasteiger partial charge is 0.341 e. The molecule has 0 saturated heterocycles. The van der Waals surface area contributed by atoms with Crippen molar-refractivity contribution in [3.8, 4) is 0 Å². The standard InChI is InChI=1S/C20H26N2O2/c1-4-12-22(13-5-2)20(24)19(23)21-15(3)17-11-10-16-8-6-7-9-18(16)14-17/h4-5,10-11,14-15H,1-2,6-9,12-13H2,3H3,(H,21,23). The van der Waals surface area contributed by atoms with Gasteiger partial charge in [-0.3, -0.25) is 9.59 Å². The highest BCUT2D eigenvalue weighted by atomic mass is 16.2. The topological polar surface area (TPSA) is 49.4 Å². The fourth-order valence-corrected chi connectivity index (χ4v) is 3.06. The van der Waals surface area contributed by atoms with Gasteiger partial charge in [-0.05, 0) is 49.3 Å². The third-order valence-electron chi connectivity index (χ3n) is 4.40. The first-order chi connectivity index (χ1) is 11.6. The normalized spacial score (nSPS) is 14.2. The van der Waals surface area contributed by atoms with E-state index in [0.717, 1.165) is 18.4 Å². The van der Waals surface area contributed by atoms with E-state index in [-0.39, 0.29) is 6.04 Å². The highest BCUT2D eigenvalue weighted by molar-refractivity contribution is 6.35. The van der Waals surface area contributed by atoms with Crippen LogP contribution in [-0.2, 0) is 22.4 Å². The second-order valence-corrected chi connectivity index (χ2v) is 6.22. The van der Waals surface area contributed by atoms with E-state index in [4.69, 9.17) is 0 Å². The van der Waals surface area contributed by atoms with Crippen LogP contribution in [0.3, 0.4) is 0 Å². The van der Waals surface area contributed by atoms with Gasteiger partial charge in [0, 0.05) is 13.1 Å². The van der Waals surface area contributed by atoms with Crippen LogP contribution >= 0.6 is 0 Å². The van der Waals surface area contributed by atoms with E-state index in [1.807, 2.05) is 13.0 Å². The molecule has 1 unspecified atom stereocenters. The number of carbonyl (C=O) groups excluding carboxylic acids is 2. The molecule has 2 amide bonds. The Hall–Kier alpha value is -2.36. The van der Waals surface area contributed by atoms with Gasteiger partial charge in [-0.2, -0.15) is 0 Å². The van der Waals surface area contributed by atoms with Gasteiger partial charge in [0.25, 0.3) is 0 Å². The van der Waals surface area contributed by atoms with Gasteiger partial charge in [-0.25, -0.2) is 0 Å². The minimum Gasteiger partial charge on any atom is -0.341 e. The molecule has 4 nitrogen and oxygen atoms in total. The van der Waals surface area contributed by atoms with E-state index in [0.29, 0.717) is 13.1 Å². The molecule has 0 bridgehead atoms. The maximum absolute atomic E-state index is 12.2. The molecule has 2 rings (SSSR count). The lowest BCUT2D eigenvalue weighted by Crippen LogP contribution is -2.43. The third-order valence-corrected chi connectivity index (χ3v) is 4.40.